The van der Waals surface area contributed by atoms with Gasteiger partial charge in [0.05, 0.1) is 10.6 Å². The standard InChI is InChI=1S/C16H19N3O3S/c1-12-8-13(2)10-14(9-12)19(11-16(20)18-17)23(21,22)15-6-4-3-5-7-15/h3-10H,11,17H2,1-2H3,(H,18,20). The van der Waals surface area contributed by atoms with Crippen LogP contribution in [0.1, 0.15) is 11.1 Å². The van der Waals surface area contributed by atoms with Crippen LogP contribution in [0.3, 0.4) is 0 Å². The third-order valence-corrected chi connectivity index (χ3v) is 5.06. The van der Waals surface area contributed by atoms with E-state index in [-0.39, 0.29) is 4.90 Å². The first-order valence-corrected chi connectivity index (χ1v) is 8.44. The van der Waals surface area contributed by atoms with Gasteiger partial charge in [-0.2, -0.15) is 0 Å². The molecule has 0 aliphatic rings. The molecular weight excluding hydrogens is 314 g/mol. The molecule has 6 nitrogen and oxygen atoms in total. The molecule has 0 saturated heterocycles. The van der Waals surface area contributed by atoms with E-state index in [2.05, 4.69) is 0 Å². The minimum atomic E-state index is -3.88. The van der Waals surface area contributed by atoms with Gasteiger partial charge in [-0.1, -0.05) is 24.3 Å². The molecule has 0 aliphatic heterocycles. The molecule has 0 radical (unpaired) electrons. The Kier molecular flexibility index (Phi) is 5.02. The SMILES string of the molecule is Cc1cc(C)cc(N(CC(=O)NN)S(=O)(=O)c2ccccc2)c1. The molecule has 2 aromatic rings. The molecule has 0 atom stereocenters. The van der Waals surface area contributed by atoms with E-state index in [4.69, 9.17) is 5.84 Å². The van der Waals surface area contributed by atoms with Crippen LogP contribution in [0.25, 0.3) is 0 Å². The first-order chi connectivity index (χ1) is 10.8. The van der Waals surface area contributed by atoms with Crippen LogP contribution in [0.2, 0.25) is 0 Å². The van der Waals surface area contributed by atoms with Crippen molar-refractivity contribution in [3.63, 3.8) is 0 Å². The van der Waals surface area contributed by atoms with Crippen LogP contribution in [0, 0.1) is 13.8 Å². The summed E-state index contributed by atoms with van der Waals surface area (Å²) in [6, 6.07) is 13.4. The Morgan fingerprint density at radius 3 is 2.17 bits per heavy atom. The number of hydrogen-bond acceptors (Lipinski definition) is 4. The zero-order valence-electron chi connectivity index (χ0n) is 13.0. The molecule has 0 aromatic heterocycles. The molecule has 2 rings (SSSR count). The fourth-order valence-electron chi connectivity index (χ4n) is 2.31. The van der Waals surface area contributed by atoms with Crippen molar-refractivity contribution in [3.05, 3.63) is 59.7 Å². The fraction of sp³-hybridized carbons (Fsp3) is 0.188. The van der Waals surface area contributed by atoms with Crippen molar-refractivity contribution in [3.8, 4) is 0 Å². The predicted octanol–water partition coefficient (Wildman–Crippen LogP) is 1.49. The van der Waals surface area contributed by atoms with Gasteiger partial charge in [0, 0.05) is 0 Å². The van der Waals surface area contributed by atoms with Crippen molar-refractivity contribution < 1.29 is 13.2 Å². The summed E-state index contributed by atoms with van der Waals surface area (Å²) in [5.74, 6) is 4.53. The lowest BCUT2D eigenvalue weighted by Gasteiger charge is -2.24. The highest BCUT2D eigenvalue weighted by Gasteiger charge is 2.27. The second kappa shape index (κ2) is 6.80. The molecule has 0 heterocycles. The number of sulfonamides is 1. The summed E-state index contributed by atoms with van der Waals surface area (Å²) >= 11 is 0. The van der Waals surface area contributed by atoms with E-state index >= 15 is 0 Å². The van der Waals surface area contributed by atoms with Gasteiger partial charge in [0.15, 0.2) is 0 Å². The molecule has 0 spiro atoms. The highest BCUT2D eigenvalue weighted by atomic mass is 32.2. The first-order valence-electron chi connectivity index (χ1n) is 7.00. The number of amides is 1. The number of hydrogen-bond donors (Lipinski definition) is 2. The van der Waals surface area contributed by atoms with Crippen LogP contribution in [-0.2, 0) is 14.8 Å². The zero-order chi connectivity index (χ0) is 17.0. The van der Waals surface area contributed by atoms with Crippen LogP contribution in [-0.4, -0.2) is 20.9 Å². The Bertz CT molecular complexity index is 784. The lowest BCUT2D eigenvalue weighted by Crippen LogP contribution is -2.43. The minimum absolute atomic E-state index is 0.115. The third-order valence-electron chi connectivity index (χ3n) is 3.27. The fourth-order valence-corrected chi connectivity index (χ4v) is 3.73. The second-order valence-electron chi connectivity index (χ2n) is 5.24. The highest BCUT2D eigenvalue weighted by Crippen LogP contribution is 2.25. The summed E-state index contributed by atoms with van der Waals surface area (Å²) in [6.07, 6.45) is 0. The number of carbonyl (C=O) groups is 1. The number of anilines is 1. The summed E-state index contributed by atoms with van der Waals surface area (Å²) < 4.78 is 26.9. The van der Waals surface area contributed by atoms with Crippen molar-refractivity contribution >= 4 is 21.6 Å². The molecule has 2 aromatic carbocycles. The monoisotopic (exact) mass is 333 g/mol. The Labute approximate surface area is 135 Å². The number of hydrazine groups is 1. The van der Waals surface area contributed by atoms with Gasteiger partial charge >= 0.3 is 0 Å². The number of nitrogens with one attached hydrogen (secondary N) is 1. The second-order valence-corrected chi connectivity index (χ2v) is 7.10. The molecule has 122 valence electrons. The van der Waals surface area contributed by atoms with Crippen molar-refractivity contribution in [1.29, 1.82) is 0 Å². The van der Waals surface area contributed by atoms with Gasteiger partial charge in [0.1, 0.15) is 6.54 Å². The number of carbonyl (C=O) groups excluding carboxylic acids is 1. The summed E-state index contributed by atoms with van der Waals surface area (Å²) in [6.45, 7) is 3.34. The van der Waals surface area contributed by atoms with Gasteiger partial charge in [0.2, 0.25) is 0 Å². The normalized spacial score (nSPS) is 11.1. The quantitative estimate of drug-likeness (QED) is 0.492. The summed E-state index contributed by atoms with van der Waals surface area (Å²) in [7, 11) is -3.88. The van der Waals surface area contributed by atoms with Crippen LogP contribution in [0.15, 0.2) is 53.4 Å². The van der Waals surface area contributed by atoms with E-state index in [0.29, 0.717) is 5.69 Å². The smallest absolute Gasteiger partial charge is 0.264 e. The van der Waals surface area contributed by atoms with Gasteiger partial charge in [0.25, 0.3) is 15.9 Å². The number of benzene rings is 2. The van der Waals surface area contributed by atoms with Crippen molar-refractivity contribution in [2.75, 3.05) is 10.8 Å². The van der Waals surface area contributed by atoms with Crippen LogP contribution >= 0.6 is 0 Å². The van der Waals surface area contributed by atoms with Gasteiger partial charge in [-0.3, -0.25) is 14.5 Å². The molecule has 0 unspecified atom stereocenters. The lowest BCUT2D eigenvalue weighted by molar-refractivity contribution is -0.119. The third kappa shape index (κ3) is 3.88. The summed E-state index contributed by atoms with van der Waals surface area (Å²) in [5, 5.41) is 0. The average molecular weight is 333 g/mol. The number of nitrogens with zero attached hydrogens (tertiary/aromatic N) is 1. The van der Waals surface area contributed by atoms with E-state index in [1.807, 2.05) is 25.3 Å². The average Bonchev–Trinajstić information content (AvgIpc) is 2.52. The highest BCUT2D eigenvalue weighted by molar-refractivity contribution is 7.92. The zero-order valence-corrected chi connectivity index (χ0v) is 13.8. The Morgan fingerprint density at radius 2 is 1.65 bits per heavy atom. The molecule has 0 bridgehead atoms. The topological polar surface area (TPSA) is 92.5 Å². The summed E-state index contributed by atoms with van der Waals surface area (Å²) in [5.41, 5.74) is 4.21. The maximum atomic E-state index is 12.9. The molecule has 7 heteroatoms. The Hall–Kier alpha value is -2.38. The summed E-state index contributed by atoms with van der Waals surface area (Å²) in [4.78, 5) is 11.8. The van der Waals surface area contributed by atoms with Gasteiger partial charge < -0.3 is 0 Å². The largest absolute Gasteiger partial charge is 0.293 e. The molecule has 1 amide bonds. The van der Waals surface area contributed by atoms with Crippen LogP contribution in [0.5, 0.6) is 0 Å². The maximum Gasteiger partial charge on any atom is 0.264 e. The van der Waals surface area contributed by atoms with E-state index < -0.39 is 22.5 Å². The Balaban J connectivity index is 2.56. The van der Waals surface area contributed by atoms with Gasteiger partial charge in [-0.15, -0.1) is 0 Å². The lowest BCUT2D eigenvalue weighted by atomic mass is 10.1. The van der Waals surface area contributed by atoms with E-state index in [0.717, 1.165) is 15.4 Å². The van der Waals surface area contributed by atoms with Crippen LogP contribution in [0.4, 0.5) is 5.69 Å². The van der Waals surface area contributed by atoms with Crippen molar-refractivity contribution in [1.82, 2.24) is 5.43 Å². The number of rotatable bonds is 5. The number of nitrogens with two attached hydrogens (primary N) is 1. The predicted molar refractivity (Wildman–Crippen MR) is 89.2 cm³/mol. The molecule has 3 N–H and O–H groups in total. The van der Waals surface area contributed by atoms with E-state index in [1.165, 1.54) is 12.1 Å². The molecule has 0 saturated carbocycles. The van der Waals surface area contributed by atoms with Crippen molar-refractivity contribution in [2.45, 2.75) is 18.7 Å². The Morgan fingerprint density at radius 1 is 1.09 bits per heavy atom. The van der Waals surface area contributed by atoms with Crippen LogP contribution < -0.4 is 15.6 Å². The first kappa shape index (κ1) is 17.0. The maximum absolute atomic E-state index is 12.9. The minimum Gasteiger partial charge on any atom is -0.293 e. The molecule has 0 fully saturated rings. The number of aryl methyl sites for hydroxylation is 2. The van der Waals surface area contributed by atoms with Gasteiger partial charge in [-0.05, 0) is 49.2 Å². The molecule has 23 heavy (non-hydrogen) atoms. The van der Waals surface area contributed by atoms with Crippen molar-refractivity contribution in [2.24, 2.45) is 5.84 Å². The van der Waals surface area contributed by atoms with E-state index in [9.17, 15) is 13.2 Å². The molecule has 0 aliphatic carbocycles. The van der Waals surface area contributed by atoms with E-state index in [1.54, 1.807) is 30.3 Å². The molecular formula is C16H19N3O3S. The van der Waals surface area contributed by atoms with Gasteiger partial charge in [-0.25, -0.2) is 14.3 Å².